The summed E-state index contributed by atoms with van der Waals surface area (Å²) in [6.07, 6.45) is 1.45. The predicted octanol–water partition coefficient (Wildman–Crippen LogP) is 3.99. The van der Waals surface area contributed by atoms with Gasteiger partial charge >= 0.3 is 7.12 Å². The van der Waals surface area contributed by atoms with Crippen LogP contribution in [0.3, 0.4) is 0 Å². The number of nitrogens with two attached hydrogens (primary N) is 1. The lowest BCUT2D eigenvalue weighted by molar-refractivity contribution is 0.00578. The van der Waals surface area contributed by atoms with Gasteiger partial charge in [0.25, 0.3) is 0 Å². The van der Waals surface area contributed by atoms with Crippen molar-refractivity contribution in [3.63, 3.8) is 0 Å². The van der Waals surface area contributed by atoms with E-state index in [0.29, 0.717) is 28.8 Å². The zero-order chi connectivity index (χ0) is 24.3. The third-order valence-electron chi connectivity index (χ3n) is 6.84. The van der Waals surface area contributed by atoms with Crippen LogP contribution in [0.1, 0.15) is 64.4 Å². The van der Waals surface area contributed by atoms with Gasteiger partial charge in [-0.1, -0.05) is 11.6 Å². The number of aromatic nitrogens is 4. The van der Waals surface area contributed by atoms with Gasteiger partial charge in [0.1, 0.15) is 17.9 Å². The average molecular weight is 472 g/mol. The third kappa shape index (κ3) is 3.76. The second-order valence-electron chi connectivity index (χ2n) is 9.50. The number of aryl methyl sites for hydroxylation is 1. The quantitative estimate of drug-likeness (QED) is 0.562. The van der Waals surface area contributed by atoms with E-state index in [0.717, 1.165) is 27.7 Å². The molecule has 4 rings (SSSR count). The Balaban J connectivity index is 1.91. The van der Waals surface area contributed by atoms with Gasteiger partial charge in [-0.3, -0.25) is 0 Å². The number of hydrogen-bond acceptors (Lipinski definition) is 7. The molecule has 2 N–H and O–H groups in total. The maximum absolute atomic E-state index is 6.75. The molecule has 1 aliphatic heterocycles. The molecule has 0 bridgehead atoms. The van der Waals surface area contributed by atoms with Crippen molar-refractivity contribution >= 4 is 41.0 Å². The van der Waals surface area contributed by atoms with Crippen LogP contribution >= 0.6 is 11.6 Å². The van der Waals surface area contributed by atoms with Crippen LogP contribution in [-0.4, -0.2) is 44.7 Å². The number of nitrogen functional groups attached to an aromatic ring is 1. The predicted molar refractivity (Wildman–Crippen MR) is 131 cm³/mol. The van der Waals surface area contributed by atoms with E-state index in [1.807, 2.05) is 66.1 Å². The fraction of sp³-hybridized carbons (Fsp3) is 0.522. The summed E-state index contributed by atoms with van der Waals surface area (Å²) in [5.41, 5.74) is 9.06. The molecule has 3 aromatic rings. The summed E-state index contributed by atoms with van der Waals surface area (Å²) in [7, 11) is -0.615. The van der Waals surface area contributed by atoms with Gasteiger partial charge in [-0.15, -0.1) is 0 Å². The molecule has 2 aromatic heterocycles. The Bertz CT molecular complexity index is 1210. The molecule has 8 nitrogen and oxygen atoms in total. The number of hydrogen-bond donors (Lipinski definition) is 1. The highest BCUT2D eigenvalue weighted by Crippen LogP contribution is 2.40. The lowest BCUT2D eigenvalue weighted by atomic mass is 9.74. The molecule has 1 unspecified atom stereocenters. The van der Waals surface area contributed by atoms with E-state index in [2.05, 4.69) is 9.97 Å². The second-order valence-corrected chi connectivity index (χ2v) is 9.91. The van der Waals surface area contributed by atoms with Crippen LogP contribution in [0.25, 0.3) is 11.0 Å². The van der Waals surface area contributed by atoms with Crippen LogP contribution in [0.5, 0.6) is 5.75 Å². The highest BCUT2D eigenvalue weighted by Gasteiger charge is 2.53. The molecule has 176 valence electrons. The van der Waals surface area contributed by atoms with E-state index >= 15 is 0 Å². The van der Waals surface area contributed by atoms with E-state index in [1.165, 1.54) is 6.33 Å². The van der Waals surface area contributed by atoms with Crippen molar-refractivity contribution in [1.29, 1.82) is 0 Å². The molecule has 0 amide bonds. The summed E-state index contributed by atoms with van der Waals surface area (Å²) in [5, 5.41) is 6.07. The number of ether oxygens (including phenoxy) is 1. The molecule has 0 saturated carbocycles. The zero-order valence-electron chi connectivity index (χ0n) is 20.5. The summed E-state index contributed by atoms with van der Waals surface area (Å²) in [6.45, 7) is 16.4. The Hall–Kier alpha value is -2.36. The molecular formula is C23H31BClN5O3. The summed E-state index contributed by atoms with van der Waals surface area (Å²) in [4.78, 5) is 8.56. The van der Waals surface area contributed by atoms with Crippen LogP contribution in [0.4, 0.5) is 5.82 Å². The van der Waals surface area contributed by atoms with Crippen LogP contribution in [0, 0.1) is 13.8 Å². The summed E-state index contributed by atoms with van der Waals surface area (Å²) < 4.78 is 20.8. The van der Waals surface area contributed by atoms with Gasteiger partial charge in [0.05, 0.1) is 34.9 Å². The highest BCUT2D eigenvalue weighted by molar-refractivity contribution is 6.64. The van der Waals surface area contributed by atoms with Crippen molar-refractivity contribution in [3.05, 3.63) is 34.2 Å². The minimum atomic E-state index is -0.615. The molecule has 1 fully saturated rings. The van der Waals surface area contributed by atoms with E-state index in [-0.39, 0.29) is 6.04 Å². The Labute approximate surface area is 199 Å². The van der Waals surface area contributed by atoms with Gasteiger partial charge in [-0.05, 0) is 67.0 Å². The number of fused-ring (bicyclic) bond motifs is 1. The SMILES string of the molecule is CCOc1c(C(C)n2nc(C)c3c(N)ncnc32)cc(Cl)c(C)c1B1OC(C)(C)C(C)(C)O1. The van der Waals surface area contributed by atoms with Crippen molar-refractivity contribution in [3.8, 4) is 5.75 Å². The molecule has 10 heteroatoms. The van der Waals surface area contributed by atoms with Crippen molar-refractivity contribution in [2.75, 3.05) is 12.3 Å². The average Bonchev–Trinajstić information content (AvgIpc) is 3.17. The smallest absolute Gasteiger partial charge is 0.494 e. The fourth-order valence-electron chi connectivity index (χ4n) is 4.20. The standard InChI is InChI=1S/C23H31BClN5O3/c1-9-31-19-15(14(4)30-21-17(13(3)29-30)20(26)27-11-28-21)10-16(25)12(2)18(19)24-32-22(5,6)23(7,8)33-24/h10-11,14H,9H2,1-8H3,(H2,26,27,28). The molecule has 1 aromatic carbocycles. The summed E-state index contributed by atoms with van der Waals surface area (Å²) >= 11 is 6.75. The lowest BCUT2D eigenvalue weighted by Gasteiger charge is -2.32. The summed E-state index contributed by atoms with van der Waals surface area (Å²) in [5.74, 6) is 1.09. The minimum Gasteiger partial charge on any atom is -0.494 e. The Morgan fingerprint density at radius 3 is 2.42 bits per heavy atom. The third-order valence-corrected chi connectivity index (χ3v) is 7.23. The largest absolute Gasteiger partial charge is 0.499 e. The number of halogens is 1. The van der Waals surface area contributed by atoms with Crippen LogP contribution < -0.4 is 15.9 Å². The molecule has 0 aliphatic carbocycles. The van der Waals surface area contributed by atoms with Gasteiger partial charge in [-0.25, -0.2) is 14.6 Å². The number of benzene rings is 1. The molecule has 33 heavy (non-hydrogen) atoms. The van der Waals surface area contributed by atoms with Gasteiger partial charge < -0.3 is 19.8 Å². The topological polar surface area (TPSA) is 97.3 Å². The molecule has 0 spiro atoms. The zero-order valence-corrected chi connectivity index (χ0v) is 21.2. The van der Waals surface area contributed by atoms with Crippen molar-refractivity contribution in [1.82, 2.24) is 19.7 Å². The fourth-order valence-corrected chi connectivity index (χ4v) is 4.42. The lowest BCUT2D eigenvalue weighted by Crippen LogP contribution is -2.41. The Morgan fingerprint density at radius 1 is 1.18 bits per heavy atom. The first kappa shape index (κ1) is 23.8. The maximum Gasteiger partial charge on any atom is 0.499 e. The van der Waals surface area contributed by atoms with Gasteiger partial charge in [0, 0.05) is 16.0 Å². The van der Waals surface area contributed by atoms with Crippen LogP contribution in [0.2, 0.25) is 5.02 Å². The van der Waals surface area contributed by atoms with Crippen molar-refractivity contribution in [2.24, 2.45) is 0 Å². The second kappa shape index (κ2) is 8.15. The first-order valence-electron chi connectivity index (χ1n) is 11.2. The molecule has 1 aliphatic rings. The van der Waals surface area contributed by atoms with Crippen molar-refractivity contribution < 1.29 is 14.0 Å². The first-order valence-corrected chi connectivity index (χ1v) is 11.5. The van der Waals surface area contributed by atoms with Crippen LogP contribution in [-0.2, 0) is 9.31 Å². The normalized spacial score (nSPS) is 18.2. The molecule has 0 radical (unpaired) electrons. The molecule has 3 heterocycles. The van der Waals surface area contributed by atoms with Gasteiger partial charge in [0.2, 0.25) is 0 Å². The summed E-state index contributed by atoms with van der Waals surface area (Å²) in [6, 6.07) is 1.67. The highest BCUT2D eigenvalue weighted by atomic mass is 35.5. The Morgan fingerprint density at radius 2 is 1.82 bits per heavy atom. The molecular weight excluding hydrogens is 441 g/mol. The number of nitrogens with zero attached hydrogens (tertiary/aromatic N) is 4. The van der Waals surface area contributed by atoms with E-state index in [9.17, 15) is 0 Å². The Kier molecular flexibility index (Phi) is 5.87. The van der Waals surface area contributed by atoms with E-state index < -0.39 is 18.3 Å². The van der Waals surface area contributed by atoms with E-state index in [1.54, 1.807) is 0 Å². The number of anilines is 1. The number of rotatable bonds is 5. The van der Waals surface area contributed by atoms with Gasteiger partial charge in [0.15, 0.2) is 5.65 Å². The van der Waals surface area contributed by atoms with Crippen LogP contribution in [0.15, 0.2) is 12.4 Å². The monoisotopic (exact) mass is 471 g/mol. The first-order chi connectivity index (χ1) is 15.4. The van der Waals surface area contributed by atoms with Crippen molar-refractivity contribution in [2.45, 2.75) is 72.6 Å². The maximum atomic E-state index is 6.75. The molecule has 1 atom stereocenters. The molecule has 1 saturated heterocycles. The van der Waals surface area contributed by atoms with E-state index in [4.69, 9.17) is 36.5 Å². The van der Waals surface area contributed by atoms with Gasteiger partial charge in [-0.2, -0.15) is 5.10 Å². The minimum absolute atomic E-state index is 0.253.